The molecule has 0 unspecified atom stereocenters. The van der Waals surface area contributed by atoms with Gasteiger partial charge in [-0.25, -0.2) is 8.42 Å². The van der Waals surface area contributed by atoms with Gasteiger partial charge in [-0.05, 0) is 30.2 Å². The normalized spacial score (nSPS) is 11.7. The number of hydrogen-bond acceptors (Lipinski definition) is 4. The maximum atomic E-state index is 12.6. The molecule has 0 atom stereocenters. The molecule has 1 aromatic carbocycles. The Balaban J connectivity index is 2.19. The van der Waals surface area contributed by atoms with Gasteiger partial charge in [0.2, 0.25) is 10.0 Å². The fourth-order valence-electron chi connectivity index (χ4n) is 2.09. The third kappa shape index (κ3) is 5.30. The molecule has 0 saturated carbocycles. The number of nitriles is 1. The number of rotatable bonds is 7. The Bertz CT molecular complexity index is 823. The fourth-order valence-corrected chi connectivity index (χ4v) is 3.27. The van der Waals surface area contributed by atoms with E-state index in [4.69, 9.17) is 5.26 Å². The molecule has 0 aliphatic carbocycles. The minimum absolute atomic E-state index is 0.137. The molecule has 0 N–H and O–H groups in total. The molecule has 0 spiro atoms. The van der Waals surface area contributed by atoms with Crippen molar-refractivity contribution < 1.29 is 8.42 Å². The molecule has 2 aromatic rings. The summed E-state index contributed by atoms with van der Waals surface area (Å²) in [6.07, 6.45) is 4.96. The highest BCUT2D eigenvalue weighted by Gasteiger charge is 2.19. The van der Waals surface area contributed by atoms with Crippen LogP contribution in [0.2, 0.25) is 0 Å². The molecule has 5 nitrogen and oxygen atoms in total. The van der Waals surface area contributed by atoms with Crippen LogP contribution in [0.3, 0.4) is 0 Å². The summed E-state index contributed by atoms with van der Waals surface area (Å²) in [5.74, 6) is 0. The minimum atomic E-state index is -3.63. The fraction of sp³-hybridized carbons (Fsp3) is 0.222. The van der Waals surface area contributed by atoms with Crippen LogP contribution < -0.4 is 0 Å². The van der Waals surface area contributed by atoms with E-state index in [-0.39, 0.29) is 19.5 Å². The largest absolute Gasteiger partial charge is 0.264 e. The molecule has 124 valence electrons. The lowest BCUT2D eigenvalue weighted by atomic mass is 10.2. The third-order valence-corrected chi connectivity index (χ3v) is 4.94. The summed E-state index contributed by atoms with van der Waals surface area (Å²) < 4.78 is 26.5. The summed E-state index contributed by atoms with van der Waals surface area (Å²) in [6, 6.07) is 13.1. The molecule has 1 heterocycles. The number of aryl methyl sites for hydroxylation is 1. The smallest absolute Gasteiger partial charge is 0.236 e. The number of benzene rings is 1. The second-order valence-corrected chi connectivity index (χ2v) is 7.18. The Morgan fingerprint density at radius 2 is 2.00 bits per heavy atom. The topological polar surface area (TPSA) is 74.1 Å². The highest BCUT2D eigenvalue weighted by Crippen LogP contribution is 2.13. The predicted octanol–water partition coefficient (Wildman–Crippen LogP) is 3.11. The Morgan fingerprint density at radius 1 is 1.25 bits per heavy atom. The summed E-state index contributed by atoms with van der Waals surface area (Å²) in [6.45, 7) is 2.31. The molecule has 1 aromatic heterocycles. The number of hydrogen-bond donors (Lipinski definition) is 0. The predicted molar refractivity (Wildman–Crippen MR) is 94.0 cm³/mol. The molecule has 2 rings (SSSR count). The van der Waals surface area contributed by atoms with Gasteiger partial charge in [0.15, 0.2) is 0 Å². The van der Waals surface area contributed by atoms with Gasteiger partial charge in [-0.1, -0.05) is 35.9 Å². The van der Waals surface area contributed by atoms with Crippen LogP contribution in [-0.2, 0) is 16.6 Å². The van der Waals surface area contributed by atoms with E-state index >= 15 is 0 Å². The summed E-state index contributed by atoms with van der Waals surface area (Å²) in [7, 11) is -3.63. The second kappa shape index (κ2) is 8.39. The first kappa shape index (κ1) is 17.9. The molecule has 0 amide bonds. The van der Waals surface area contributed by atoms with Crippen molar-refractivity contribution in [2.75, 3.05) is 6.54 Å². The van der Waals surface area contributed by atoms with Crippen molar-refractivity contribution in [2.45, 2.75) is 19.9 Å². The number of pyridine rings is 1. The van der Waals surface area contributed by atoms with Gasteiger partial charge in [-0.15, -0.1) is 0 Å². The lowest BCUT2D eigenvalue weighted by Crippen LogP contribution is -2.29. The van der Waals surface area contributed by atoms with Crippen LogP contribution in [0.5, 0.6) is 0 Å². The van der Waals surface area contributed by atoms with Crippen LogP contribution >= 0.6 is 0 Å². The van der Waals surface area contributed by atoms with Crippen LogP contribution in [0.4, 0.5) is 0 Å². The monoisotopic (exact) mass is 341 g/mol. The quantitative estimate of drug-likeness (QED) is 0.775. The Morgan fingerprint density at radius 3 is 2.62 bits per heavy atom. The zero-order chi connectivity index (χ0) is 17.4. The number of nitrogens with zero attached hydrogens (tertiary/aromatic N) is 3. The van der Waals surface area contributed by atoms with Crippen molar-refractivity contribution in [2.24, 2.45) is 0 Å². The number of sulfonamides is 1. The van der Waals surface area contributed by atoms with E-state index in [1.807, 2.05) is 43.3 Å². The molecule has 0 aliphatic heterocycles. The van der Waals surface area contributed by atoms with Gasteiger partial charge in [-0.2, -0.15) is 9.57 Å². The average molecular weight is 341 g/mol. The van der Waals surface area contributed by atoms with Crippen LogP contribution in [-0.4, -0.2) is 24.3 Å². The van der Waals surface area contributed by atoms with E-state index in [2.05, 4.69) is 4.98 Å². The molecule has 24 heavy (non-hydrogen) atoms. The molecule has 0 saturated heterocycles. The minimum Gasteiger partial charge on any atom is -0.264 e. The van der Waals surface area contributed by atoms with Gasteiger partial charge in [0.05, 0.1) is 6.07 Å². The molecule has 0 aliphatic rings. The lowest BCUT2D eigenvalue weighted by Gasteiger charge is -2.19. The van der Waals surface area contributed by atoms with Gasteiger partial charge in [0, 0.05) is 37.3 Å². The average Bonchev–Trinajstić information content (AvgIpc) is 2.59. The molecule has 0 bridgehead atoms. The summed E-state index contributed by atoms with van der Waals surface area (Å²) >= 11 is 0. The maximum Gasteiger partial charge on any atom is 0.236 e. The van der Waals surface area contributed by atoms with Crippen LogP contribution in [0.1, 0.15) is 23.1 Å². The molecular formula is C18H19N3O2S. The van der Waals surface area contributed by atoms with Crippen LogP contribution in [0.15, 0.2) is 54.2 Å². The molecule has 6 heteroatoms. The summed E-state index contributed by atoms with van der Waals surface area (Å²) in [5.41, 5.74) is 2.70. The van der Waals surface area contributed by atoms with Crippen LogP contribution in [0, 0.1) is 18.3 Å². The first-order valence-corrected chi connectivity index (χ1v) is 9.02. The van der Waals surface area contributed by atoms with E-state index in [1.165, 1.54) is 9.71 Å². The van der Waals surface area contributed by atoms with Crippen molar-refractivity contribution in [3.63, 3.8) is 0 Å². The van der Waals surface area contributed by atoms with Crippen molar-refractivity contribution in [1.29, 1.82) is 5.26 Å². The lowest BCUT2D eigenvalue weighted by molar-refractivity contribution is 0.419. The van der Waals surface area contributed by atoms with Gasteiger partial charge in [0.1, 0.15) is 0 Å². The van der Waals surface area contributed by atoms with Crippen molar-refractivity contribution >= 4 is 16.1 Å². The van der Waals surface area contributed by atoms with E-state index in [0.29, 0.717) is 0 Å². The van der Waals surface area contributed by atoms with E-state index in [9.17, 15) is 8.42 Å². The number of aromatic nitrogens is 1. The van der Waals surface area contributed by atoms with Gasteiger partial charge in [-0.3, -0.25) is 4.98 Å². The first-order valence-electron chi connectivity index (χ1n) is 7.52. The zero-order valence-corrected chi connectivity index (χ0v) is 14.3. The van der Waals surface area contributed by atoms with E-state index in [0.717, 1.165) is 16.7 Å². The highest BCUT2D eigenvalue weighted by molar-refractivity contribution is 7.92. The molecule has 0 radical (unpaired) electrons. The van der Waals surface area contributed by atoms with Gasteiger partial charge in [0.25, 0.3) is 0 Å². The Hall–Kier alpha value is -2.49. The maximum absolute atomic E-state index is 12.6. The Kier molecular flexibility index (Phi) is 6.24. The van der Waals surface area contributed by atoms with Gasteiger partial charge >= 0.3 is 0 Å². The molecular weight excluding hydrogens is 322 g/mol. The van der Waals surface area contributed by atoms with Crippen molar-refractivity contribution in [3.8, 4) is 6.07 Å². The summed E-state index contributed by atoms with van der Waals surface area (Å²) in [4.78, 5) is 4.00. The van der Waals surface area contributed by atoms with Gasteiger partial charge < -0.3 is 0 Å². The van der Waals surface area contributed by atoms with E-state index < -0.39 is 10.0 Å². The first-order chi connectivity index (χ1) is 11.5. The molecule has 0 fully saturated rings. The SMILES string of the molecule is Cc1ccc(/C=C\S(=O)(=O)N(CCC#N)Cc2cccnc2)cc1. The van der Waals surface area contributed by atoms with Crippen molar-refractivity contribution in [3.05, 3.63) is 70.9 Å². The van der Waals surface area contributed by atoms with Crippen molar-refractivity contribution in [1.82, 2.24) is 9.29 Å². The zero-order valence-electron chi connectivity index (χ0n) is 13.5. The highest BCUT2D eigenvalue weighted by atomic mass is 32.2. The Labute approximate surface area is 142 Å². The summed E-state index contributed by atoms with van der Waals surface area (Å²) in [5, 5.41) is 9.96. The van der Waals surface area contributed by atoms with Crippen LogP contribution in [0.25, 0.3) is 6.08 Å². The third-order valence-electron chi connectivity index (χ3n) is 3.42. The van der Waals surface area contributed by atoms with E-state index in [1.54, 1.807) is 24.5 Å². The standard InChI is InChI=1S/C18H19N3O2S/c1-16-5-7-17(8-6-16)9-13-24(22,23)21(12-3-10-19)15-18-4-2-11-20-14-18/h2,4-9,11,13-14H,3,12,15H2,1H3/b13-9-. The second-order valence-electron chi connectivity index (χ2n) is 5.36.